The van der Waals surface area contributed by atoms with Crippen LogP contribution >= 0.6 is 0 Å². The highest BCUT2D eigenvalue weighted by Gasteiger charge is 2.24. The molecule has 0 saturated heterocycles. The minimum Gasteiger partial charge on any atom is -0.281 e. The summed E-state index contributed by atoms with van der Waals surface area (Å²) in [5.41, 5.74) is 1.65. The summed E-state index contributed by atoms with van der Waals surface area (Å²) < 4.78 is 58.8. The van der Waals surface area contributed by atoms with Gasteiger partial charge in [0.1, 0.15) is 0 Å². The predicted molar refractivity (Wildman–Crippen MR) is 44.6 cm³/mol. The maximum atomic E-state index is 10.5. The van der Waals surface area contributed by atoms with Crippen molar-refractivity contribution >= 4 is 26.6 Å². The Bertz CT molecular complexity index is 486. The van der Waals surface area contributed by atoms with E-state index in [1.54, 1.807) is 5.43 Å². The van der Waals surface area contributed by atoms with Crippen molar-refractivity contribution in [3.8, 4) is 0 Å². The van der Waals surface area contributed by atoms with Gasteiger partial charge in [0.15, 0.2) is 5.03 Å². The smallest absolute Gasteiger partial charge is 0.281 e. The standard InChI is InChI=1S/C3H5N3O6S2/c7-13(8,9)3-1-2-4-6(5-3)14(10,11)12/h1-2,5H,(H,7,8,9)(H,10,11,12). The Balaban J connectivity index is 3.03. The van der Waals surface area contributed by atoms with Crippen LogP contribution in [-0.2, 0) is 20.4 Å². The first-order chi connectivity index (χ1) is 6.21. The average molecular weight is 243 g/mol. The number of allylic oxidation sites excluding steroid dienone is 1. The average Bonchev–Trinajstić information content (AvgIpc) is 2.01. The van der Waals surface area contributed by atoms with Crippen LogP contribution in [-0.4, -0.2) is 36.7 Å². The fraction of sp³-hybridized carbons (Fsp3) is 0. The molecule has 0 bridgehead atoms. The van der Waals surface area contributed by atoms with Gasteiger partial charge >= 0.3 is 20.4 Å². The number of hydrazine groups is 1. The van der Waals surface area contributed by atoms with E-state index in [-0.39, 0.29) is 4.52 Å². The molecule has 1 rings (SSSR count). The molecular formula is C3H5N3O6S2. The molecule has 14 heavy (non-hydrogen) atoms. The van der Waals surface area contributed by atoms with Crippen LogP contribution in [0, 0.1) is 0 Å². The van der Waals surface area contributed by atoms with Gasteiger partial charge in [-0.1, -0.05) is 4.52 Å². The largest absolute Gasteiger partial charge is 0.393 e. The molecule has 0 atom stereocenters. The van der Waals surface area contributed by atoms with E-state index in [0.29, 0.717) is 0 Å². The summed E-state index contributed by atoms with van der Waals surface area (Å²) in [6.07, 6.45) is 1.59. The predicted octanol–water partition coefficient (Wildman–Crippen LogP) is -1.68. The van der Waals surface area contributed by atoms with E-state index in [4.69, 9.17) is 9.11 Å². The van der Waals surface area contributed by atoms with Gasteiger partial charge in [-0.25, -0.2) is 0 Å². The first-order valence-corrected chi connectivity index (χ1v) is 5.81. The van der Waals surface area contributed by atoms with Crippen molar-refractivity contribution in [2.45, 2.75) is 0 Å². The second kappa shape index (κ2) is 3.20. The molecule has 0 aromatic rings. The zero-order valence-electron chi connectivity index (χ0n) is 6.39. The molecule has 3 N–H and O–H groups in total. The zero-order chi connectivity index (χ0) is 11.0. The minimum atomic E-state index is -4.71. The molecule has 9 nitrogen and oxygen atoms in total. The third kappa shape index (κ3) is 2.41. The Labute approximate surface area is 79.3 Å². The van der Waals surface area contributed by atoms with Gasteiger partial charge in [-0.3, -0.25) is 14.5 Å². The van der Waals surface area contributed by atoms with Gasteiger partial charge < -0.3 is 0 Å². The van der Waals surface area contributed by atoms with Crippen LogP contribution in [0.1, 0.15) is 0 Å². The first kappa shape index (κ1) is 10.9. The quantitative estimate of drug-likeness (QED) is 0.493. The van der Waals surface area contributed by atoms with Gasteiger partial charge in [0.05, 0.1) is 6.21 Å². The van der Waals surface area contributed by atoms with Crippen LogP contribution in [0.4, 0.5) is 0 Å². The number of hydrazone groups is 1. The number of hydrogen-bond acceptors (Lipinski definition) is 6. The summed E-state index contributed by atoms with van der Waals surface area (Å²) in [5.74, 6) is 0. The van der Waals surface area contributed by atoms with E-state index in [0.717, 1.165) is 12.3 Å². The Kier molecular flexibility index (Phi) is 2.49. The number of nitrogens with one attached hydrogen (secondary N) is 1. The van der Waals surface area contributed by atoms with Crippen molar-refractivity contribution in [2.75, 3.05) is 0 Å². The highest BCUT2D eigenvalue weighted by atomic mass is 32.2. The molecule has 0 radical (unpaired) electrons. The van der Waals surface area contributed by atoms with E-state index < -0.39 is 25.5 Å². The molecule has 1 aliphatic rings. The third-order valence-corrected chi connectivity index (χ3v) is 2.51. The summed E-state index contributed by atoms with van der Waals surface area (Å²) >= 11 is 0. The van der Waals surface area contributed by atoms with Gasteiger partial charge in [0.2, 0.25) is 0 Å². The maximum Gasteiger partial charge on any atom is 0.393 e. The highest BCUT2D eigenvalue weighted by Crippen LogP contribution is 2.06. The molecule has 80 valence electrons. The summed E-state index contributed by atoms with van der Waals surface area (Å²) in [6, 6.07) is 0. The van der Waals surface area contributed by atoms with Crippen LogP contribution in [0.25, 0.3) is 0 Å². The third-order valence-electron chi connectivity index (χ3n) is 1.10. The Morgan fingerprint density at radius 1 is 1.29 bits per heavy atom. The number of rotatable bonds is 2. The molecule has 1 aliphatic heterocycles. The van der Waals surface area contributed by atoms with Gasteiger partial charge in [0, 0.05) is 0 Å². The van der Waals surface area contributed by atoms with Crippen molar-refractivity contribution in [3.63, 3.8) is 0 Å². The van der Waals surface area contributed by atoms with Crippen molar-refractivity contribution in [1.29, 1.82) is 0 Å². The van der Waals surface area contributed by atoms with Crippen molar-refractivity contribution in [2.24, 2.45) is 5.10 Å². The summed E-state index contributed by atoms with van der Waals surface area (Å²) in [6.45, 7) is 0. The summed E-state index contributed by atoms with van der Waals surface area (Å²) in [5, 5.41) is 2.26. The first-order valence-electron chi connectivity index (χ1n) is 2.97. The molecule has 0 unspecified atom stereocenters. The normalized spacial score (nSPS) is 17.6. The van der Waals surface area contributed by atoms with E-state index in [1.807, 2.05) is 0 Å². The molecule has 0 aliphatic carbocycles. The lowest BCUT2D eigenvalue weighted by Crippen LogP contribution is -2.41. The fourth-order valence-electron chi connectivity index (χ4n) is 0.583. The minimum absolute atomic E-state index is 0.115. The Morgan fingerprint density at radius 2 is 1.86 bits per heavy atom. The van der Waals surface area contributed by atoms with Crippen LogP contribution in [0.5, 0.6) is 0 Å². The zero-order valence-corrected chi connectivity index (χ0v) is 8.03. The second-order valence-corrected chi connectivity index (χ2v) is 4.73. The lowest BCUT2D eigenvalue weighted by molar-refractivity contribution is 0.317. The number of nitrogens with zero attached hydrogens (tertiary/aromatic N) is 2. The summed E-state index contributed by atoms with van der Waals surface area (Å²) in [4.78, 5) is 0. The van der Waals surface area contributed by atoms with Crippen molar-refractivity contribution in [1.82, 2.24) is 9.95 Å². The molecule has 11 heteroatoms. The van der Waals surface area contributed by atoms with Gasteiger partial charge in [-0.05, 0) is 6.08 Å². The molecule has 1 heterocycles. The molecular weight excluding hydrogens is 238 g/mol. The van der Waals surface area contributed by atoms with E-state index in [2.05, 4.69) is 5.10 Å². The Morgan fingerprint density at radius 3 is 2.29 bits per heavy atom. The molecule has 0 amide bonds. The van der Waals surface area contributed by atoms with Crippen LogP contribution < -0.4 is 5.43 Å². The number of hydrogen-bond donors (Lipinski definition) is 3. The van der Waals surface area contributed by atoms with Gasteiger partial charge in [-0.15, -0.1) is 5.10 Å². The summed E-state index contributed by atoms with van der Waals surface area (Å²) in [7, 11) is -9.29. The van der Waals surface area contributed by atoms with Gasteiger partial charge in [-0.2, -0.15) is 16.8 Å². The molecule has 0 fully saturated rings. The second-order valence-electron chi connectivity index (χ2n) is 2.10. The van der Waals surface area contributed by atoms with E-state index >= 15 is 0 Å². The lowest BCUT2D eigenvalue weighted by atomic mass is 10.6. The van der Waals surface area contributed by atoms with Crippen LogP contribution in [0.3, 0.4) is 0 Å². The molecule has 0 saturated carbocycles. The molecule has 0 aromatic carbocycles. The highest BCUT2D eigenvalue weighted by molar-refractivity contribution is 7.89. The topological polar surface area (TPSA) is 136 Å². The Hall–Kier alpha value is -1.17. The van der Waals surface area contributed by atoms with E-state index in [1.165, 1.54) is 0 Å². The van der Waals surface area contributed by atoms with Crippen LogP contribution in [0.2, 0.25) is 0 Å². The van der Waals surface area contributed by atoms with Gasteiger partial charge in [0.25, 0.3) is 0 Å². The van der Waals surface area contributed by atoms with Crippen molar-refractivity contribution < 1.29 is 25.9 Å². The van der Waals surface area contributed by atoms with E-state index in [9.17, 15) is 16.8 Å². The SMILES string of the molecule is O=S(=O)(O)C1=CC=NN(S(=O)(=O)O)N1. The monoisotopic (exact) mass is 243 g/mol. The lowest BCUT2D eigenvalue weighted by Gasteiger charge is -2.19. The molecule has 0 spiro atoms. The fourth-order valence-corrected chi connectivity index (χ4v) is 1.46. The van der Waals surface area contributed by atoms with Crippen molar-refractivity contribution in [3.05, 3.63) is 11.1 Å². The molecule has 0 aromatic heterocycles. The van der Waals surface area contributed by atoms with Crippen LogP contribution in [0.15, 0.2) is 16.2 Å². The maximum absolute atomic E-state index is 10.5.